The lowest BCUT2D eigenvalue weighted by Gasteiger charge is -2.29. The number of alkyl halides is 1. The Morgan fingerprint density at radius 2 is 2.10 bits per heavy atom. The number of amides is 2. The lowest BCUT2D eigenvalue weighted by Crippen LogP contribution is -2.48. The molecular formula is C20H27ClF2N2O4. The van der Waals surface area contributed by atoms with Gasteiger partial charge in [0.2, 0.25) is 5.91 Å². The lowest BCUT2D eigenvalue weighted by molar-refractivity contribution is -0.126. The maximum atomic E-state index is 14.6. The Bertz CT molecular complexity index is 767. The Kier molecular flexibility index (Phi) is 7.11. The third-order valence-corrected chi connectivity index (χ3v) is 4.81. The Morgan fingerprint density at radius 3 is 2.69 bits per heavy atom. The van der Waals surface area contributed by atoms with E-state index in [0.29, 0.717) is 0 Å². The highest BCUT2D eigenvalue weighted by Gasteiger charge is 2.48. The molecule has 1 aromatic rings. The Balaban J connectivity index is 2.24. The minimum Gasteiger partial charge on any atom is -0.444 e. The summed E-state index contributed by atoms with van der Waals surface area (Å²) in [5.74, 6) is -1.37. The molecule has 2 amide bonds. The summed E-state index contributed by atoms with van der Waals surface area (Å²) < 4.78 is 34.3. The van der Waals surface area contributed by atoms with Gasteiger partial charge in [-0.3, -0.25) is 9.69 Å². The van der Waals surface area contributed by atoms with Gasteiger partial charge in [0.25, 0.3) is 0 Å². The van der Waals surface area contributed by atoms with Gasteiger partial charge in [0.1, 0.15) is 23.1 Å². The van der Waals surface area contributed by atoms with Crippen LogP contribution in [-0.4, -0.2) is 52.5 Å². The fraction of sp³-hybridized carbons (Fsp3) is 0.600. The molecule has 1 saturated heterocycles. The van der Waals surface area contributed by atoms with Crippen molar-refractivity contribution < 1.29 is 28.2 Å². The van der Waals surface area contributed by atoms with Gasteiger partial charge in [-0.25, -0.2) is 13.6 Å². The average Bonchev–Trinajstić information content (AvgIpc) is 2.91. The Hall–Kier alpha value is -1.93. The first-order chi connectivity index (χ1) is 13.3. The number of carbonyl (C=O) groups excluding carboxylic acids is 2. The summed E-state index contributed by atoms with van der Waals surface area (Å²) in [5.41, 5.74) is -2.48. The van der Waals surface area contributed by atoms with Crippen LogP contribution in [0, 0.1) is 5.82 Å². The second kappa shape index (κ2) is 8.83. The van der Waals surface area contributed by atoms with E-state index in [1.165, 1.54) is 25.1 Å². The number of ether oxygens (including phenoxy) is 1. The van der Waals surface area contributed by atoms with E-state index >= 15 is 0 Å². The number of likely N-dealkylation sites (tertiary alicyclic amines) is 1. The number of nitrogens with zero attached hydrogens (tertiary/aromatic N) is 1. The predicted molar refractivity (Wildman–Crippen MR) is 105 cm³/mol. The summed E-state index contributed by atoms with van der Waals surface area (Å²) in [5, 5.41) is 11.8. The summed E-state index contributed by atoms with van der Waals surface area (Å²) in [6.45, 7) is 5.70. The standard InChI is InChI=1S/C20H27ClF2N2O4/c1-19(2,3)29-18(28)25-11-20(4,23)10-15(25)17(27)24-14(8-9-26)12-6-5-7-13(21)16(12)22/h5-7,14-15,26H,8-11H2,1-4H3,(H,24,27)/t14-,15+,20-/m1/s1. The third-order valence-electron chi connectivity index (χ3n) is 4.52. The molecule has 0 spiro atoms. The molecule has 2 N–H and O–H groups in total. The highest BCUT2D eigenvalue weighted by atomic mass is 35.5. The summed E-state index contributed by atoms with van der Waals surface area (Å²) >= 11 is 5.82. The zero-order valence-corrected chi connectivity index (χ0v) is 17.7. The minimum absolute atomic E-state index is 0.0229. The molecule has 1 aromatic carbocycles. The molecule has 0 radical (unpaired) electrons. The van der Waals surface area contributed by atoms with Gasteiger partial charge in [0.15, 0.2) is 0 Å². The van der Waals surface area contributed by atoms with Crippen LogP contribution in [-0.2, 0) is 9.53 Å². The van der Waals surface area contributed by atoms with Crippen molar-refractivity contribution in [1.82, 2.24) is 10.2 Å². The average molecular weight is 433 g/mol. The minimum atomic E-state index is -1.77. The number of aliphatic hydroxyl groups is 1. The Labute approximate surface area is 174 Å². The first kappa shape index (κ1) is 23.3. The van der Waals surface area contributed by atoms with Crippen molar-refractivity contribution in [3.05, 3.63) is 34.6 Å². The first-order valence-corrected chi connectivity index (χ1v) is 9.76. The number of aliphatic hydroxyl groups excluding tert-OH is 1. The molecule has 2 rings (SSSR count). The van der Waals surface area contributed by atoms with Crippen molar-refractivity contribution in [2.75, 3.05) is 13.2 Å². The topological polar surface area (TPSA) is 78.9 Å². The maximum Gasteiger partial charge on any atom is 0.411 e. The highest BCUT2D eigenvalue weighted by molar-refractivity contribution is 6.30. The largest absolute Gasteiger partial charge is 0.444 e. The van der Waals surface area contributed by atoms with E-state index in [9.17, 15) is 23.5 Å². The van der Waals surface area contributed by atoms with E-state index in [4.69, 9.17) is 16.3 Å². The molecule has 1 heterocycles. The summed E-state index contributed by atoms with van der Waals surface area (Å²) in [7, 11) is 0. The quantitative estimate of drug-likeness (QED) is 0.742. The lowest BCUT2D eigenvalue weighted by atomic mass is 10.0. The molecule has 0 bridgehead atoms. The van der Waals surface area contributed by atoms with Crippen LogP contribution in [0.3, 0.4) is 0 Å². The van der Waals surface area contributed by atoms with Crippen LogP contribution < -0.4 is 5.32 Å². The van der Waals surface area contributed by atoms with Crippen LogP contribution >= 0.6 is 11.6 Å². The summed E-state index contributed by atoms with van der Waals surface area (Å²) in [4.78, 5) is 26.4. The van der Waals surface area contributed by atoms with Crippen molar-refractivity contribution in [3.63, 3.8) is 0 Å². The Morgan fingerprint density at radius 1 is 1.45 bits per heavy atom. The van der Waals surface area contributed by atoms with Gasteiger partial charge in [0, 0.05) is 18.6 Å². The van der Waals surface area contributed by atoms with Crippen molar-refractivity contribution in [3.8, 4) is 0 Å². The van der Waals surface area contributed by atoms with Gasteiger partial charge < -0.3 is 15.2 Å². The van der Waals surface area contributed by atoms with E-state index in [2.05, 4.69) is 5.32 Å². The van der Waals surface area contributed by atoms with Crippen molar-refractivity contribution in [1.29, 1.82) is 0 Å². The first-order valence-electron chi connectivity index (χ1n) is 9.38. The molecule has 3 atom stereocenters. The zero-order valence-electron chi connectivity index (χ0n) is 17.0. The molecule has 29 heavy (non-hydrogen) atoms. The summed E-state index contributed by atoms with van der Waals surface area (Å²) in [6.07, 6.45) is -0.997. The number of benzene rings is 1. The van der Waals surface area contributed by atoms with Crippen LogP contribution in [0.5, 0.6) is 0 Å². The van der Waals surface area contributed by atoms with Crippen LogP contribution in [0.1, 0.15) is 52.1 Å². The van der Waals surface area contributed by atoms with Crippen LogP contribution in [0.15, 0.2) is 18.2 Å². The molecule has 6 nitrogen and oxygen atoms in total. The molecule has 1 aliphatic heterocycles. The van der Waals surface area contributed by atoms with E-state index in [0.717, 1.165) is 4.90 Å². The fourth-order valence-corrected chi connectivity index (χ4v) is 3.46. The number of halogens is 3. The van der Waals surface area contributed by atoms with Crippen molar-refractivity contribution in [2.45, 2.75) is 63.9 Å². The molecule has 9 heteroatoms. The molecule has 1 aliphatic rings. The van der Waals surface area contributed by atoms with Gasteiger partial charge in [-0.1, -0.05) is 23.7 Å². The normalized spacial score (nSPS) is 23.0. The smallest absolute Gasteiger partial charge is 0.411 e. The van der Waals surface area contributed by atoms with Gasteiger partial charge in [-0.15, -0.1) is 0 Å². The number of hydrogen-bond acceptors (Lipinski definition) is 4. The number of nitrogens with one attached hydrogen (secondary N) is 1. The molecule has 0 aliphatic carbocycles. The highest BCUT2D eigenvalue weighted by Crippen LogP contribution is 2.33. The van der Waals surface area contributed by atoms with E-state index < -0.39 is 41.2 Å². The van der Waals surface area contributed by atoms with Gasteiger partial charge >= 0.3 is 6.09 Å². The third kappa shape index (κ3) is 6.02. The molecular weight excluding hydrogens is 406 g/mol. The molecule has 0 unspecified atom stereocenters. The zero-order chi connectivity index (χ0) is 22.0. The monoisotopic (exact) mass is 432 g/mol. The SMILES string of the molecule is CC(C)(C)OC(=O)N1C[C@](C)(F)C[C@H]1C(=O)N[C@H](CCO)c1cccc(Cl)c1F. The van der Waals surface area contributed by atoms with Gasteiger partial charge in [0.05, 0.1) is 17.6 Å². The summed E-state index contributed by atoms with van der Waals surface area (Å²) in [6, 6.07) is 2.33. The number of hydrogen-bond donors (Lipinski definition) is 2. The molecule has 1 fully saturated rings. The second-order valence-corrected chi connectivity index (χ2v) is 8.87. The second-order valence-electron chi connectivity index (χ2n) is 8.46. The maximum absolute atomic E-state index is 14.6. The van der Waals surface area contributed by atoms with Gasteiger partial charge in [-0.05, 0) is 40.2 Å². The molecule has 0 saturated carbocycles. The van der Waals surface area contributed by atoms with Crippen LogP contribution in [0.4, 0.5) is 13.6 Å². The van der Waals surface area contributed by atoms with Gasteiger partial charge in [-0.2, -0.15) is 0 Å². The van der Waals surface area contributed by atoms with E-state index in [-0.39, 0.29) is 36.6 Å². The van der Waals surface area contributed by atoms with E-state index in [1.807, 2.05) is 0 Å². The van der Waals surface area contributed by atoms with Crippen LogP contribution in [0.2, 0.25) is 5.02 Å². The molecule has 0 aromatic heterocycles. The van der Waals surface area contributed by atoms with Crippen molar-refractivity contribution >= 4 is 23.6 Å². The van der Waals surface area contributed by atoms with Crippen LogP contribution in [0.25, 0.3) is 0 Å². The fourth-order valence-electron chi connectivity index (χ4n) is 3.28. The number of rotatable bonds is 5. The van der Waals surface area contributed by atoms with E-state index in [1.54, 1.807) is 20.8 Å². The number of carbonyl (C=O) groups is 2. The molecule has 162 valence electrons. The van der Waals surface area contributed by atoms with Crippen molar-refractivity contribution in [2.24, 2.45) is 0 Å². The predicted octanol–water partition coefficient (Wildman–Crippen LogP) is 3.76.